The molecule has 2 fully saturated rings. The van der Waals surface area contributed by atoms with E-state index in [1.807, 2.05) is 29.2 Å². The molecule has 3 heterocycles. The fourth-order valence-electron chi connectivity index (χ4n) is 4.40. The lowest BCUT2D eigenvalue weighted by molar-refractivity contribution is -0.134. The fourth-order valence-corrected chi connectivity index (χ4v) is 4.40. The normalized spacial score (nSPS) is 18.0. The number of nitrogens with zero attached hydrogens (tertiary/aromatic N) is 3. The van der Waals surface area contributed by atoms with Crippen LogP contribution in [-0.2, 0) is 16.1 Å². The Balaban J connectivity index is 1.16. The highest BCUT2D eigenvalue weighted by Gasteiger charge is 2.22. The maximum Gasteiger partial charge on any atom is 0.224 e. The minimum Gasteiger partial charge on any atom is -0.468 e. The quantitative estimate of drug-likeness (QED) is 0.716. The maximum atomic E-state index is 12.5. The van der Waals surface area contributed by atoms with Crippen molar-refractivity contribution in [1.82, 2.24) is 9.80 Å². The van der Waals surface area contributed by atoms with Gasteiger partial charge in [-0.2, -0.15) is 0 Å². The Morgan fingerprint density at radius 1 is 0.969 bits per heavy atom. The highest BCUT2D eigenvalue weighted by Crippen LogP contribution is 2.24. The van der Waals surface area contributed by atoms with Gasteiger partial charge in [0.15, 0.2) is 0 Å². The highest BCUT2D eigenvalue weighted by molar-refractivity contribution is 5.93. The zero-order valence-corrected chi connectivity index (χ0v) is 19.0. The molecule has 32 heavy (non-hydrogen) atoms. The van der Waals surface area contributed by atoms with Crippen LogP contribution in [0.15, 0.2) is 47.1 Å². The Labute approximate surface area is 190 Å². The van der Waals surface area contributed by atoms with Crippen molar-refractivity contribution in [3.8, 4) is 0 Å². The van der Waals surface area contributed by atoms with Crippen LogP contribution in [0.5, 0.6) is 0 Å². The number of piperidine rings is 1. The number of furan rings is 1. The molecule has 0 spiro atoms. The molecule has 172 valence electrons. The van der Waals surface area contributed by atoms with Crippen molar-refractivity contribution in [2.45, 2.75) is 39.2 Å². The molecule has 0 bridgehead atoms. The van der Waals surface area contributed by atoms with Crippen molar-refractivity contribution in [2.75, 3.05) is 49.5 Å². The molecule has 0 radical (unpaired) electrons. The predicted octanol–water partition coefficient (Wildman–Crippen LogP) is 3.58. The Kier molecular flexibility index (Phi) is 7.47. The number of carbonyl (C=O) groups is 2. The Morgan fingerprint density at radius 2 is 1.69 bits per heavy atom. The van der Waals surface area contributed by atoms with Crippen molar-refractivity contribution in [3.63, 3.8) is 0 Å². The molecule has 7 heteroatoms. The number of rotatable bonds is 7. The minimum atomic E-state index is -0.116. The Hall–Kier alpha value is -2.80. The zero-order chi connectivity index (χ0) is 22.3. The molecule has 0 saturated carbocycles. The number of nitrogens with one attached hydrogen (secondary N) is 1. The molecule has 4 rings (SSSR count). The molecule has 2 aromatic rings. The van der Waals surface area contributed by atoms with Crippen molar-refractivity contribution < 1.29 is 14.0 Å². The summed E-state index contributed by atoms with van der Waals surface area (Å²) in [6.45, 7) is 8.28. The molecule has 2 aliphatic rings. The van der Waals surface area contributed by atoms with Gasteiger partial charge in [-0.15, -0.1) is 0 Å². The van der Waals surface area contributed by atoms with E-state index >= 15 is 0 Å². The summed E-state index contributed by atoms with van der Waals surface area (Å²) in [6, 6.07) is 11.9. The number of benzene rings is 1. The molecule has 2 saturated heterocycles. The molecule has 1 aromatic carbocycles. The Bertz CT molecular complexity index is 865. The van der Waals surface area contributed by atoms with Gasteiger partial charge >= 0.3 is 0 Å². The van der Waals surface area contributed by atoms with E-state index in [2.05, 4.69) is 34.2 Å². The van der Waals surface area contributed by atoms with Gasteiger partial charge in [0.05, 0.1) is 12.8 Å². The van der Waals surface area contributed by atoms with Crippen LogP contribution in [-0.4, -0.2) is 60.9 Å². The predicted molar refractivity (Wildman–Crippen MR) is 125 cm³/mol. The van der Waals surface area contributed by atoms with Gasteiger partial charge in [-0.25, -0.2) is 0 Å². The topological polar surface area (TPSA) is 69.0 Å². The molecular weight excluding hydrogens is 404 g/mol. The molecule has 1 aromatic heterocycles. The average molecular weight is 439 g/mol. The second-order valence-electron chi connectivity index (χ2n) is 9.00. The van der Waals surface area contributed by atoms with Crippen LogP contribution in [0.2, 0.25) is 0 Å². The summed E-state index contributed by atoms with van der Waals surface area (Å²) in [5.74, 6) is 1.68. The largest absolute Gasteiger partial charge is 0.468 e. The first kappa shape index (κ1) is 22.4. The third kappa shape index (κ3) is 6.13. The Morgan fingerprint density at radius 3 is 2.34 bits per heavy atom. The third-order valence-electron chi connectivity index (χ3n) is 6.55. The monoisotopic (exact) mass is 438 g/mol. The SMILES string of the molecule is CC1CCN(c2ccc(NC(=O)CCC(=O)N3CCN(Cc4ccco4)CC3)cc2)CC1. The van der Waals surface area contributed by atoms with Crippen molar-refractivity contribution in [2.24, 2.45) is 5.92 Å². The van der Waals surface area contributed by atoms with E-state index in [1.165, 1.54) is 18.5 Å². The van der Waals surface area contributed by atoms with Gasteiger partial charge in [-0.1, -0.05) is 6.92 Å². The molecule has 0 unspecified atom stereocenters. The summed E-state index contributed by atoms with van der Waals surface area (Å²) in [4.78, 5) is 31.4. The lowest BCUT2D eigenvalue weighted by Gasteiger charge is -2.34. The number of hydrogen-bond acceptors (Lipinski definition) is 5. The van der Waals surface area contributed by atoms with E-state index in [-0.39, 0.29) is 24.7 Å². The summed E-state index contributed by atoms with van der Waals surface area (Å²) < 4.78 is 5.40. The van der Waals surface area contributed by atoms with Gasteiger partial charge in [0.1, 0.15) is 5.76 Å². The molecule has 0 atom stereocenters. The number of piperazine rings is 1. The fraction of sp³-hybridized carbons (Fsp3) is 0.520. The number of hydrogen-bond donors (Lipinski definition) is 1. The second kappa shape index (κ2) is 10.7. The van der Waals surface area contributed by atoms with Crippen LogP contribution >= 0.6 is 0 Å². The molecule has 1 N–H and O–H groups in total. The first-order chi connectivity index (χ1) is 15.6. The first-order valence-electron chi connectivity index (χ1n) is 11.7. The molecule has 2 aliphatic heterocycles. The van der Waals surface area contributed by atoms with Crippen LogP contribution in [0, 0.1) is 5.92 Å². The summed E-state index contributed by atoms with van der Waals surface area (Å²) in [5, 5.41) is 2.92. The third-order valence-corrected chi connectivity index (χ3v) is 6.55. The van der Waals surface area contributed by atoms with Crippen LogP contribution < -0.4 is 10.2 Å². The lowest BCUT2D eigenvalue weighted by Crippen LogP contribution is -2.48. The van der Waals surface area contributed by atoms with Crippen molar-refractivity contribution in [1.29, 1.82) is 0 Å². The van der Waals surface area contributed by atoms with Crippen molar-refractivity contribution >= 4 is 23.2 Å². The van der Waals surface area contributed by atoms with Crippen LogP contribution in [0.3, 0.4) is 0 Å². The second-order valence-corrected chi connectivity index (χ2v) is 9.00. The summed E-state index contributed by atoms with van der Waals surface area (Å²) in [5.41, 5.74) is 1.99. The van der Waals surface area contributed by atoms with E-state index < -0.39 is 0 Å². The minimum absolute atomic E-state index is 0.0486. The molecular formula is C25H34N4O3. The molecule has 7 nitrogen and oxygen atoms in total. The molecule has 0 aliphatic carbocycles. The van der Waals surface area contributed by atoms with E-state index in [0.717, 1.165) is 50.1 Å². The van der Waals surface area contributed by atoms with Gasteiger partial charge in [-0.05, 0) is 55.2 Å². The summed E-state index contributed by atoms with van der Waals surface area (Å²) in [6.07, 6.45) is 4.59. The van der Waals surface area contributed by atoms with Gasteiger partial charge in [-0.3, -0.25) is 14.5 Å². The maximum absolute atomic E-state index is 12.5. The zero-order valence-electron chi connectivity index (χ0n) is 19.0. The average Bonchev–Trinajstić information content (AvgIpc) is 3.32. The van der Waals surface area contributed by atoms with Crippen LogP contribution in [0.25, 0.3) is 0 Å². The standard InChI is InChI=1S/C25H34N4O3/c1-20-10-12-28(13-11-20)22-6-4-21(5-7-22)26-24(30)8-9-25(31)29-16-14-27(15-17-29)19-23-3-2-18-32-23/h2-7,18,20H,8-17,19H2,1H3,(H,26,30). The van der Waals surface area contributed by atoms with Gasteiger partial charge in [0.2, 0.25) is 11.8 Å². The van der Waals surface area contributed by atoms with Gasteiger partial charge in [0, 0.05) is 63.5 Å². The number of carbonyl (C=O) groups excluding carboxylic acids is 2. The first-order valence-corrected chi connectivity index (χ1v) is 11.7. The van der Waals surface area contributed by atoms with Crippen LogP contribution in [0.4, 0.5) is 11.4 Å². The van der Waals surface area contributed by atoms with Gasteiger partial charge in [0.25, 0.3) is 0 Å². The number of anilines is 2. The van der Waals surface area contributed by atoms with E-state index in [4.69, 9.17) is 4.42 Å². The number of amides is 2. The van der Waals surface area contributed by atoms with E-state index in [1.54, 1.807) is 6.26 Å². The van der Waals surface area contributed by atoms with E-state index in [9.17, 15) is 9.59 Å². The van der Waals surface area contributed by atoms with Gasteiger partial charge < -0.3 is 19.5 Å². The smallest absolute Gasteiger partial charge is 0.224 e. The summed E-state index contributed by atoms with van der Waals surface area (Å²) >= 11 is 0. The van der Waals surface area contributed by atoms with E-state index in [0.29, 0.717) is 13.1 Å². The van der Waals surface area contributed by atoms with Crippen LogP contribution in [0.1, 0.15) is 38.4 Å². The lowest BCUT2D eigenvalue weighted by atomic mass is 9.99. The highest BCUT2D eigenvalue weighted by atomic mass is 16.3. The van der Waals surface area contributed by atoms with Crippen molar-refractivity contribution in [3.05, 3.63) is 48.4 Å². The summed E-state index contributed by atoms with van der Waals surface area (Å²) in [7, 11) is 0. The molecule has 2 amide bonds.